The lowest BCUT2D eigenvalue weighted by atomic mass is 10.2. The Labute approximate surface area is 120 Å². The van der Waals surface area contributed by atoms with E-state index in [9.17, 15) is 10.1 Å². The van der Waals surface area contributed by atoms with Crippen LogP contribution in [-0.4, -0.2) is 16.6 Å². The summed E-state index contributed by atoms with van der Waals surface area (Å²) in [6, 6.07) is 6.56. The third kappa shape index (κ3) is 3.46. The molecule has 0 spiro atoms. The summed E-state index contributed by atoms with van der Waals surface area (Å²) in [6.45, 7) is 0.619. The number of aliphatic hydroxyl groups excluding tert-OH is 1. The van der Waals surface area contributed by atoms with Crippen LogP contribution in [-0.2, 0) is 13.0 Å². The number of hydrogen-bond donors (Lipinski definition) is 3. The van der Waals surface area contributed by atoms with Crippen LogP contribution in [0.1, 0.15) is 10.4 Å². The summed E-state index contributed by atoms with van der Waals surface area (Å²) in [5.41, 5.74) is 7.41. The highest BCUT2D eigenvalue weighted by Crippen LogP contribution is 2.27. The molecule has 1 heterocycles. The van der Waals surface area contributed by atoms with Crippen LogP contribution in [0.3, 0.4) is 0 Å². The van der Waals surface area contributed by atoms with Gasteiger partial charge in [0, 0.05) is 29.8 Å². The Bertz CT molecular complexity index is 613. The van der Waals surface area contributed by atoms with Gasteiger partial charge in [-0.15, -0.1) is 11.3 Å². The summed E-state index contributed by atoms with van der Waals surface area (Å²) in [6.07, 6.45) is 0.624. The lowest BCUT2D eigenvalue weighted by Gasteiger charge is -2.06. The first-order chi connectivity index (χ1) is 9.60. The SMILES string of the molecule is Nc1ccc(NCc2cc(CCO)cs2)c([N+](=O)[O-])c1. The molecular formula is C13H15N3O3S. The van der Waals surface area contributed by atoms with Crippen molar-refractivity contribution in [3.63, 3.8) is 0 Å². The molecule has 20 heavy (non-hydrogen) atoms. The third-order valence-corrected chi connectivity index (χ3v) is 3.77. The van der Waals surface area contributed by atoms with E-state index >= 15 is 0 Å². The summed E-state index contributed by atoms with van der Waals surface area (Å²) >= 11 is 1.56. The zero-order valence-corrected chi connectivity index (χ0v) is 11.5. The second kappa shape index (κ2) is 6.36. The van der Waals surface area contributed by atoms with Gasteiger partial charge in [-0.1, -0.05) is 0 Å². The molecule has 0 bridgehead atoms. The summed E-state index contributed by atoms with van der Waals surface area (Å²) in [7, 11) is 0. The van der Waals surface area contributed by atoms with Crippen molar-refractivity contribution >= 4 is 28.4 Å². The highest BCUT2D eigenvalue weighted by Gasteiger charge is 2.13. The predicted octanol–water partition coefficient (Wildman–Crippen LogP) is 2.39. The Morgan fingerprint density at radius 1 is 1.40 bits per heavy atom. The molecule has 0 saturated carbocycles. The molecule has 0 aliphatic heterocycles. The highest BCUT2D eigenvalue weighted by molar-refractivity contribution is 7.10. The van der Waals surface area contributed by atoms with Crippen LogP contribution in [0.5, 0.6) is 0 Å². The molecule has 2 rings (SSSR count). The van der Waals surface area contributed by atoms with Gasteiger partial charge in [0.15, 0.2) is 0 Å². The minimum atomic E-state index is -0.454. The van der Waals surface area contributed by atoms with Gasteiger partial charge < -0.3 is 16.2 Å². The number of nitrogens with zero attached hydrogens (tertiary/aromatic N) is 1. The van der Waals surface area contributed by atoms with Crippen molar-refractivity contribution < 1.29 is 10.0 Å². The Hall–Kier alpha value is -2.12. The zero-order valence-electron chi connectivity index (χ0n) is 10.7. The molecule has 0 amide bonds. The average molecular weight is 293 g/mol. The van der Waals surface area contributed by atoms with Crippen molar-refractivity contribution in [3.8, 4) is 0 Å². The number of rotatable bonds is 6. The van der Waals surface area contributed by atoms with Crippen molar-refractivity contribution in [2.75, 3.05) is 17.7 Å². The van der Waals surface area contributed by atoms with Crippen LogP contribution < -0.4 is 11.1 Å². The fourth-order valence-corrected chi connectivity index (χ4v) is 2.67. The number of benzene rings is 1. The molecule has 0 unspecified atom stereocenters. The second-order valence-electron chi connectivity index (χ2n) is 4.28. The number of nitrogens with one attached hydrogen (secondary N) is 1. The number of nitro groups is 1. The fraction of sp³-hybridized carbons (Fsp3) is 0.231. The van der Waals surface area contributed by atoms with Crippen LogP contribution in [0.2, 0.25) is 0 Å². The topological polar surface area (TPSA) is 101 Å². The van der Waals surface area contributed by atoms with Gasteiger partial charge in [-0.25, -0.2) is 0 Å². The molecular weight excluding hydrogens is 278 g/mol. The molecule has 6 nitrogen and oxygen atoms in total. The molecule has 0 aliphatic carbocycles. The number of nitro benzene ring substituents is 1. The zero-order chi connectivity index (χ0) is 14.5. The van der Waals surface area contributed by atoms with Gasteiger partial charge in [-0.2, -0.15) is 0 Å². The van der Waals surface area contributed by atoms with E-state index < -0.39 is 4.92 Å². The molecule has 2 aromatic rings. The van der Waals surface area contributed by atoms with Crippen molar-refractivity contribution in [1.29, 1.82) is 0 Å². The maximum atomic E-state index is 11.0. The third-order valence-electron chi connectivity index (χ3n) is 2.78. The molecule has 0 fully saturated rings. The number of aliphatic hydroxyl groups is 1. The van der Waals surface area contributed by atoms with E-state index in [1.54, 1.807) is 23.5 Å². The minimum absolute atomic E-state index is 0.0304. The first-order valence-corrected chi connectivity index (χ1v) is 6.93. The standard InChI is InChI=1S/C13H15N3O3S/c14-10-1-2-12(13(6-10)16(18)19)15-7-11-5-9(3-4-17)8-20-11/h1-2,5-6,8,15,17H,3-4,7,14H2. The van der Waals surface area contributed by atoms with Gasteiger partial charge in [0.2, 0.25) is 0 Å². The van der Waals surface area contributed by atoms with E-state index in [1.165, 1.54) is 6.07 Å². The van der Waals surface area contributed by atoms with Crippen molar-refractivity contribution in [2.45, 2.75) is 13.0 Å². The predicted molar refractivity (Wildman–Crippen MR) is 79.9 cm³/mol. The molecule has 7 heteroatoms. The molecule has 1 aromatic carbocycles. The maximum absolute atomic E-state index is 11.0. The molecule has 0 aliphatic rings. The molecule has 0 saturated heterocycles. The summed E-state index contributed by atoms with van der Waals surface area (Å²) in [4.78, 5) is 11.6. The Morgan fingerprint density at radius 3 is 2.90 bits per heavy atom. The molecule has 0 radical (unpaired) electrons. The number of nitrogens with two attached hydrogens (primary N) is 1. The minimum Gasteiger partial charge on any atom is -0.399 e. The molecule has 106 valence electrons. The van der Waals surface area contributed by atoms with Crippen LogP contribution in [0.25, 0.3) is 0 Å². The van der Waals surface area contributed by atoms with E-state index in [0.717, 1.165) is 10.4 Å². The van der Waals surface area contributed by atoms with Crippen LogP contribution in [0.15, 0.2) is 29.6 Å². The first-order valence-electron chi connectivity index (χ1n) is 6.05. The van der Waals surface area contributed by atoms with Gasteiger partial charge in [0.25, 0.3) is 5.69 Å². The average Bonchev–Trinajstić information content (AvgIpc) is 2.85. The smallest absolute Gasteiger partial charge is 0.294 e. The quantitative estimate of drug-likeness (QED) is 0.431. The number of anilines is 2. The highest BCUT2D eigenvalue weighted by atomic mass is 32.1. The maximum Gasteiger partial charge on any atom is 0.294 e. The van der Waals surface area contributed by atoms with Gasteiger partial charge in [0.1, 0.15) is 5.69 Å². The number of thiophene rings is 1. The summed E-state index contributed by atoms with van der Waals surface area (Å²) in [5.74, 6) is 0. The second-order valence-corrected chi connectivity index (χ2v) is 5.28. The Balaban J connectivity index is 2.08. The van der Waals surface area contributed by atoms with Crippen molar-refractivity contribution in [3.05, 3.63) is 50.2 Å². The van der Waals surface area contributed by atoms with Gasteiger partial charge >= 0.3 is 0 Å². The lowest BCUT2D eigenvalue weighted by Crippen LogP contribution is -2.02. The van der Waals surface area contributed by atoms with Crippen LogP contribution >= 0.6 is 11.3 Å². The van der Waals surface area contributed by atoms with Crippen molar-refractivity contribution in [2.24, 2.45) is 0 Å². The van der Waals surface area contributed by atoms with E-state index in [0.29, 0.717) is 24.3 Å². The van der Waals surface area contributed by atoms with E-state index in [2.05, 4.69) is 5.32 Å². The molecule has 4 N–H and O–H groups in total. The lowest BCUT2D eigenvalue weighted by molar-refractivity contribution is -0.383. The number of hydrogen-bond acceptors (Lipinski definition) is 6. The Morgan fingerprint density at radius 2 is 2.20 bits per heavy atom. The fourth-order valence-electron chi connectivity index (χ4n) is 1.81. The largest absolute Gasteiger partial charge is 0.399 e. The van der Waals surface area contributed by atoms with Gasteiger partial charge in [-0.05, 0) is 35.6 Å². The van der Waals surface area contributed by atoms with E-state index in [1.807, 2.05) is 11.4 Å². The van der Waals surface area contributed by atoms with Crippen LogP contribution in [0.4, 0.5) is 17.1 Å². The van der Waals surface area contributed by atoms with Crippen LogP contribution in [0, 0.1) is 10.1 Å². The molecule has 1 aromatic heterocycles. The molecule has 0 atom stereocenters. The first kappa shape index (κ1) is 14.3. The Kier molecular flexibility index (Phi) is 4.54. The summed E-state index contributed by atoms with van der Waals surface area (Å²) in [5, 5.41) is 24.8. The van der Waals surface area contributed by atoms with Crippen molar-refractivity contribution in [1.82, 2.24) is 0 Å². The van der Waals surface area contributed by atoms with E-state index in [4.69, 9.17) is 10.8 Å². The van der Waals surface area contributed by atoms with Gasteiger partial charge in [-0.3, -0.25) is 10.1 Å². The normalized spacial score (nSPS) is 10.4. The summed E-state index contributed by atoms with van der Waals surface area (Å²) < 4.78 is 0. The van der Waals surface area contributed by atoms with E-state index in [-0.39, 0.29) is 12.3 Å². The monoisotopic (exact) mass is 293 g/mol. The van der Waals surface area contributed by atoms with Gasteiger partial charge in [0.05, 0.1) is 4.92 Å². The number of nitrogen functional groups attached to an aromatic ring is 1.